The van der Waals surface area contributed by atoms with Crippen molar-refractivity contribution in [2.75, 3.05) is 31.1 Å². The fourth-order valence-electron chi connectivity index (χ4n) is 3.65. The zero-order valence-electron chi connectivity index (χ0n) is 12.9. The molecule has 1 spiro atoms. The lowest BCUT2D eigenvalue weighted by Crippen LogP contribution is -2.71. The van der Waals surface area contributed by atoms with Crippen LogP contribution in [-0.2, 0) is 6.42 Å². The highest BCUT2D eigenvalue weighted by atomic mass is 15.3. The number of fused-ring (bicyclic) bond motifs is 1. The predicted molar refractivity (Wildman–Crippen MR) is 87.8 cm³/mol. The van der Waals surface area contributed by atoms with Crippen molar-refractivity contribution in [3.63, 3.8) is 0 Å². The van der Waals surface area contributed by atoms with Gasteiger partial charge in [0.15, 0.2) is 0 Å². The molecule has 21 heavy (non-hydrogen) atoms. The summed E-state index contributed by atoms with van der Waals surface area (Å²) in [7, 11) is 0. The van der Waals surface area contributed by atoms with Gasteiger partial charge in [0.05, 0.1) is 5.52 Å². The second-order valence-corrected chi connectivity index (χ2v) is 7.23. The van der Waals surface area contributed by atoms with Gasteiger partial charge in [-0.1, -0.05) is 13.8 Å². The Labute approximate surface area is 126 Å². The number of rotatable bonds is 3. The molecule has 0 bridgehead atoms. The van der Waals surface area contributed by atoms with Crippen LogP contribution in [0.1, 0.15) is 19.4 Å². The molecule has 3 heteroatoms. The zero-order valence-corrected chi connectivity index (χ0v) is 12.9. The number of pyridine rings is 1. The van der Waals surface area contributed by atoms with Crippen LogP contribution in [0.15, 0.2) is 30.5 Å². The monoisotopic (exact) mass is 281 g/mol. The third kappa shape index (κ3) is 2.20. The van der Waals surface area contributed by atoms with E-state index in [2.05, 4.69) is 53.3 Å². The van der Waals surface area contributed by atoms with Gasteiger partial charge in [-0.3, -0.25) is 4.98 Å². The van der Waals surface area contributed by atoms with E-state index in [0.29, 0.717) is 11.3 Å². The standard InChI is InChI=1S/C18H23N3/c1-13(2)7-14-5-6-20-17-4-3-15(8-16(14)17)21-11-18(12-21)9-19-10-18/h3-6,8,13,19H,7,9-12H2,1-2H3. The molecule has 110 valence electrons. The molecule has 4 rings (SSSR count). The molecule has 0 saturated carbocycles. The van der Waals surface area contributed by atoms with Crippen LogP contribution in [0.2, 0.25) is 0 Å². The van der Waals surface area contributed by atoms with Crippen LogP contribution in [0.4, 0.5) is 5.69 Å². The molecule has 1 aromatic heterocycles. The summed E-state index contributed by atoms with van der Waals surface area (Å²) in [6, 6.07) is 8.94. The van der Waals surface area contributed by atoms with Crippen LogP contribution in [0.3, 0.4) is 0 Å². The van der Waals surface area contributed by atoms with Crippen molar-refractivity contribution in [1.29, 1.82) is 0 Å². The van der Waals surface area contributed by atoms with Gasteiger partial charge in [-0.2, -0.15) is 0 Å². The smallest absolute Gasteiger partial charge is 0.0706 e. The zero-order chi connectivity index (χ0) is 14.4. The molecular weight excluding hydrogens is 258 g/mol. The summed E-state index contributed by atoms with van der Waals surface area (Å²) < 4.78 is 0. The molecule has 1 aromatic carbocycles. The highest BCUT2D eigenvalue weighted by Gasteiger charge is 2.47. The minimum absolute atomic E-state index is 0.574. The number of aromatic nitrogens is 1. The van der Waals surface area contributed by atoms with Crippen molar-refractivity contribution in [2.45, 2.75) is 20.3 Å². The summed E-state index contributed by atoms with van der Waals surface area (Å²) in [6.07, 6.45) is 3.06. The lowest BCUT2D eigenvalue weighted by Gasteiger charge is -2.57. The third-order valence-electron chi connectivity index (χ3n) is 4.86. The fraction of sp³-hybridized carbons (Fsp3) is 0.500. The molecule has 3 nitrogen and oxygen atoms in total. The maximum atomic E-state index is 4.52. The van der Waals surface area contributed by atoms with Crippen LogP contribution in [0.25, 0.3) is 10.9 Å². The molecule has 0 atom stereocenters. The lowest BCUT2D eigenvalue weighted by atomic mass is 9.74. The van der Waals surface area contributed by atoms with Gasteiger partial charge in [0.2, 0.25) is 0 Å². The van der Waals surface area contributed by atoms with E-state index < -0.39 is 0 Å². The molecule has 0 amide bonds. The fourth-order valence-corrected chi connectivity index (χ4v) is 3.65. The second kappa shape index (κ2) is 4.70. The predicted octanol–water partition coefficient (Wildman–Crippen LogP) is 2.84. The normalized spacial score (nSPS) is 19.9. The van der Waals surface area contributed by atoms with Gasteiger partial charge in [0, 0.05) is 48.9 Å². The number of nitrogens with one attached hydrogen (secondary N) is 1. The molecule has 1 N–H and O–H groups in total. The van der Waals surface area contributed by atoms with Crippen molar-refractivity contribution >= 4 is 16.6 Å². The second-order valence-electron chi connectivity index (χ2n) is 7.23. The highest BCUT2D eigenvalue weighted by Crippen LogP contribution is 2.38. The molecule has 2 fully saturated rings. The van der Waals surface area contributed by atoms with Crippen LogP contribution in [-0.4, -0.2) is 31.2 Å². The quantitative estimate of drug-likeness (QED) is 0.937. The molecule has 2 aliphatic heterocycles. The Kier molecular flexibility index (Phi) is 2.93. The average molecular weight is 281 g/mol. The van der Waals surface area contributed by atoms with Gasteiger partial charge in [-0.15, -0.1) is 0 Å². The first-order valence-electron chi connectivity index (χ1n) is 7.99. The number of nitrogens with zero attached hydrogens (tertiary/aromatic N) is 2. The van der Waals surface area contributed by atoms with Crippen LogP contribution < -0.4 is 10.2 Å². The van der Waals surface area contributed by atoms with E-state index in [-0.39, 0.29) is 0 Å². The van der Waals surface area contributed by atoms with E-state index in [1.54, 1.807) is 0 Å². The third-order valence-corrected chi connectivity index (χ3v) is 4.86. The maximum Gasteiger partial charge on any atom is 0.0706 e. The average Bonchev–Trinajstić information content (AvgIpc) is 2.35. The summed E-state index contributed by atoms with van der Waals surface area (Å²) in [5, 5.41) is 4.73. The maximum absolute atomic E-state index is 4.52. The van der Waals surface area contributed by atoms with Gasteiger partial charge in [-0.05, 0) is 42.2 Å². The van der Waals surface area contributed by atoms with E-state index in [1.165, 1.54) is 42.8 Å². The molecule has 0 unspecified atom stereocenters. The Morgan fingerprint density at radius 3 is 2.71 bits per heavy atom. The first-order chi connectivity index (χ1) is 10.2. The van der Waals surface area contributed by atoms with E-state index in [9.17, 15) is 0 Å². The van der Waals surface area contributed by atoms with Gasteiger partial charge in [-0.25, -0.2) is 0 Å². The molecule has 0 radical (unpaired) electrons. The van der Waals surface area contributed by atoms with Crippen molar-refractivity contribution in [3.05, 3.63) is 36.0 Å². The van der Waals surface area contributed by atoms with Crippen molar-refractivity contribution in [3.8, 4) is 0 Å². The molecule has 3 heterocycles. The Balaban J connectivity index is 1.65. The molecule has 2 saturated heterocycles. The SMILES string of the molecule is CC(C)Cc1ccnc2ccc(N3CC4(CNC4)C3)cc12. The topological polar surface area (TPSA) is 28.2 Å². The lowest BCUT2D eigenvalue weighted by molar-refractivity contribution is 0.121. The van der Waals surface area contributed by atoms with Crippen molar-refractivity contribution in [2.24, 2.45) is 11.3 Å². The minimum Gasteiger partial charge on any atom is -0.370 e. The van der Waals surface area contributed by atoms with Crippen LogP contribution in [0, 0.1) is 11.3 Å². The van der Waals surface area contributed by atoms with Gasteiger partial charge < -0.3 is 10.2 Å². The van der Waals surface area contributed by atoms with Gasteiger partial charge >= 0.3 is 0 Å². The molecule has 2 aliphatic rings. The highest BCUT2D eigenvalue weighted by molar-refractivity contribution is 5.86. The first-order valence-corrected chi connectivity index (χ1v) is 7.99. The van der Waals surface area contributed by atoms with E-state index in [4.69, 9.17) is 0 Å². The van der Waals surface area contributed by atoms with E-state index in [1.807, 2.05) is 6.20 Å². The van der Waals surface area contributed by atoms with Crippen LogP contribution in [0.5, 0.6) is 0 Å². The Bertz CT molecular complexity index is 665. The summed E-state index contributed by atoms with van der Waals surface area (Å²) in [5.41, 5.74) is 4.48. The molecular formula is C18H23N3. The number of hydrogen-bond acceptors (Lipinski definition) is 3. The number of benzene rings is 1. The van der Waals surface area contributed by atoms with E-state index >= 15 is 0 Å². The summed E-state index contributed by atoms with van der Waals surface area (Å²) in [6.45, 7) is 9.34. The largest absolute Gasteiger partial charge is 0.370 e. The summed E-state index contributed by atoms with van der Waals surface area (Å²) >= 11 is 0. The van der Waals surface area contributed by atoms with Gasteiger partial charge in [0.1, 0.15) is 0 Å². The minimum atomic E-state index is 0.574. The first kappa shape index (κ1) is 13.1. The summed E-state index contributed by atoms with van der Waals surface area (Å²) in [4.78, 5) is 7.03. The molecule has 2 aromatic rings. The Morgan fingerprint density at radius 2 is 2.05 bits per heavy atom. The number of hydrogen-bond donors (Lipinski definition) is 1. The summed E-state index contributed by atoms with van der Waals surface area (Å²) in [5.74, 6) is 0.674. The van der Waals surface area contributed by atoms with E-state index in [0.717, 1.165) is 11.9 Å². The van der Waals surface area contributed by atoms with Crippen molar-refractivity contribution in [1.82, 2.24) is 10.3 Å². The molecule has 0 aliphatic carbocycles. The van der Waals surface area contributed by atoms with Crippen LogP contribution >= 0.6 is 0 Å². The Morgan fingerprint density at radius 1 is 1.24 bits per heavy atom. The number of anilines is 1. The van der Waals surface area contributed by atoms with Crippen molar-refractivity contribution < 1.29 is 0 Å². The Hall–Kier alpha value is -1.61. The van der Waals surface area contributed by atoms with Gasteiger partial charge in [0.25, 0.3) is 0 Å².